The summed E-state index contributed by atoms with van der Waals surface area (Å²) in [6.07, 6.45) is 0. The van der Waals surface area contributed by atoms with E-state index in [2.05, 4.69) is 51.4 Å². The number of hydrogen-bond acceptors (Lipinski definition) is 4. The Labute approximate surface area is 155 Å². The average Bonchev–Trinajstić information content (AvgIpc) is 2.83. The van der Waals surface area contributed by atoms with Gasteiger partial charge in [-0.15, -0.1) is 0 Å². The maximum absolute atomic E-state index is 12.4. The Morgan fingerprint density at radius 3 is 2.42 bits per heavy atom. The number of rotatable bonds is 5. The molecule has 0 spiro atoms. The molecule has 0 aliphatic carbocycles. The van der Waals surface area contributed by atoms with Gasteiger partial charge >= 0.3 is 0 Å². The summed E-state index contributed by atoms with van der Waals surface area (Å²) >= 11 is 0. The molecular weight excluding hydrogens is 326 g/mol. The third kappa shape index (κ3) is 4.51. The van der Waals surface area contributed by atoms with E-state index in [9.17, 15) is 4.79 Å². The lowest BCUT2D eigenvalue weighted by atomic mass is 10.1. The Morgan fingerprint density at radius 1 is 1.12 bits per heavy atom. The molecule has 0 atom stereocenters. The van der Waals surface area contributed by atoms with Gasteiger partial charge in [-0.1, -0.05) is 29.8 Å². The minimum absolute atomic E-state index is 0.0383. The largest absolute Gasteiger partial charge is 0.322 e. The second kappa shape index (κ2) is 8.01. The van der Waals surface area contributed by atoms with Gasteiger partial charge in [0.15, 0.2) is 0 Å². The Hall–Kier alpha value is -2.18. The first-order valence-corrected chi connectivity index (χ1v) is 9.22. The maximum atomic E-state index is 12.4. The SMILES string of the molecule is Cc1cccc(CN2CCN(CC(=O)Nc3c(C)nn(C)c3C)CC2)c1. The Balaban J connectivity index is 1.47. The number of benzene rings is 1. The molecule has 2 heterocycles. The van der Waals surface area contributed by atoms with E-state index in [0.717, 1.165) is 49.8 Å². The zero-order valence-corrected chi connectivity index (χ0v) is 16.2. The van der Waals surface area contributed by atoms with Crippen LogP contribution in [0.4, 0.5) is 5.69 Å². The van der Waals surface area contributed by atoms with Crippen LogP contribution in [0, 0.1) is 20.8 Å². The number of nitrogens with one attached hydrogen (secondary N) is 1. The number of carbonyl (C=O) groups excluding carboxylic acids is 1. The highest BCUT2D eigenvalue weighted by Crippen LogP contribution is 2.18. The van der Waals surface area contributed by atoms with Gasteiger partial charge in [-0.05, 0) is 26.3 Å². The number of nitrogens with zero attached hydrogens (tertiary/aromatic N) is 4. The molecule has 1 aromatic carbocycles. The lowest BCUT2D eigenvalue weighted by Crippen LogP contribution is -2.48. The second-order valence-electron chi connectivity index (χ2n) is 7.26. The molecule has 1 saturated heterocycles. The normalized spacial score (nSPS) is 16.0. The highest BCUT2D eigenvalue weighted by atomic mass is 16.2. The van der Waals surface area contributed by atoms with Crippen LogP contribution in [0.2, 0.25) is 0 Å². The molecule has 140 valence electrons. The second-order valence-corrected chi connectivity index (χ2v) is 7.26. The summed E-state index contributed by atoms with van der Waals surface area (Å²) in [5.74, 6) is 0.0383. The number of hydrogen-bond donors (Lipinski definition) is 1. The van der Waals surface area contributed by atoms with Crippen molar-refractivity contribution in [2.75, 3.05) is 38.0 Å². The summed E-state index contributed by atoms with van der Waals surface area (Å²) < 4.78 is 1.80. The fourth-order valence-electron chi connectivity index (χ4n) is 3.51. The number of piperazine rings is 1. The van der Waals surface area contributed by atoms with Crippen molar-refractivity contribution in [3.8, 4) is 0 Å². The van der Waals surface area contributed by atoms with Gasteiger partial charge in [-0.3, -0.25) is 19.3 Å². The van der Waals surface area contributed by atoms with Crippen LogP contribution in [0.15, 0.2) is 24.3 Å². The van der Waals surface area contributed by atoms with Crippen molar-refractivity contribution in [3.63, 3.8) is 0 Å². The Kier molecular flexibility index (Phi) is 5.74. The summed E-state index contributed by atoms with van der Waals surface area (Å²) in [6.45, 7) is 11.3. The summed E-state index contributed by atoms with van der Waals surface area (Å²) in [4.78, 5) is 17.1. The van der Waals surface area contributed by atoms with Crippen LogP contribution in [0.3, 0.4) is 0 Å². The third-order valence-electron chi connectivity index (χ3n) is 5.09. The molecule has 6 heteroatoms. The monoisotopic (exact) mass is 355 g/mol. The van der Waals surface area contributed by atoms with E-state index >= 15 is 0 Å². The highest BCUT2D eigenvalue weighted by Gasteiger charge is 2.20. The number of carbonyl (C=O) groups is 1. The number of amides is 1. The molecule has 0 radical (unpaired) electrons. The van der Waals surface area contributed by atoms with Crippen molar-refractivity contribution >= 4 is 11.6 Å². The van der Waals surface area contributed by atoms with Crippen LogP contribution in [0.25, 0.3) is 0 Å². The molecule has 0 unspecified atom stereocenters. The first-order chi connectivity index (χ1) is 12.4. The van der Waals surface area contributed by atoms with Gasteiger partial charge in [0.05, 0.1) is 23.6 Å². The first kappa shape index (κ1) is 18.6. The van der Waals surface area contributed by atoms with E-state index in [0.29, 0.717) is 6.54 Å². The van der Waals surface area contributed by atoms with Crippen LogP contribution in [0.1, 0.15) is 22.5 Å². The molecule has 3 rings (SSSR count). The van der Waals surface area contributed by atoms with Crippen molar-refractivity contribution < 1.29 is 4.79 Å². The molecule has 6 nitrogen and oxygen atoms in total. The van der Waals surface area contributed by atoms with Crippen molar-refractivity contribution in [2.24, 2.45) is 7.05 Å². The average molecular weight is 355 g/mol. The fraction of sp³-hybridized carbons (Fsp3) is 0.500. The van der Waals surface area contributed by atoms with Crippen LogP contribution >= 0.6 is 0 Å². The summed E-state index contributed by atoms with van der Waals surface area (Å²) in [7, 11) is 1.89. The molecule has 2 aromatic rings. The summed E-state index contributed by atoms with van der Waals surface area (Å²) in [6, 6.07) is 8.68. The Morgan fingerprint density at radius 2 is 1.81 bits per heavy atom. The lowest BCUT2D eigenvalue weighted by molar-refractivity contribution is -0.117. The van der Waals surface area contributed by atoms with E-state index in [4.69, 9.17) is 0 Å². The molecule has 1 amide bonds. The van der Waals surface area contributed by atoms with E-state index in [1.165, 1.54) is 11.1 Å². The van der Waals surface area contributed by atoms with Crippen LogP contribution in [0.5, 0.6) is 0 Å². The topological polar surface area (TPSA) is 53.4 Å². The van der Waals surface area contributed by atoms with Gasteiger partial charge in [-0.25, -0.2) is 0 Å². The van der Waals surface area contributed by atoms with E-state index in [-0.39, 0.29) is 5.91 Å². The summed E-state index contributed by atoms with van der Waals surface area (Å²) in [5.41, 5.74) is 5.35. The quantitative estimate of drug-likeness (QED) is 0.892. The molecule has 0 saturated carbocycles. The third-order valence-corrected chi connectivity index (χ3v) is 5.09. The predicted octanol–water partition coefficient (Wildman–Crippen LogP) is 2.10. The minimum atomic E-state index is 0.0383. The zero-order chi connectivity index (χ0) is 18.7. The van der Waals surface area contributed by atoms with Gasteiger partial charge in [0.2, 0.25) is 5.91 Å². The van der Waals surface area contributed by atoms with E-state index in [1.807, 2.05) is 20.9 Å². The molecular formula is C20H29N5O. The van der Waals surface area contributed by atoms with Crippen molar-refractivity contribution in [1.82, 2.24) is 19.6 Å². The van der Waals surface area contributed by atoms with E-state index < -0.39 is 0 Å². The minimum Gasteiger partial charge on any atom is -0.322 e. The van der Waals surface area contributed by atoms with E-state index in [1.54, 1.807) is 4.68 Å². The zero-order valence-electron chi connectivity index (χ0n) is 16.2. The van der Waals surface area contributed by atoms with Crippen molar-refractivity contribution in [1.29, 1.82) is 0 Å². The molecule has 26 heavy (non-hydrogen) atoms. The molecule has 1 aliphatic heterocycles. The lowest BCUT2D eigenvalue weighted by Gasteiger charge is -2.34. The number of anilines is 1. The number of aromatic nitrogens is 2. The molecule has 1 aromatic heterocycles. The van der Waals surface area contributed by atoms with Crippen LogP contribution < -0.4 is 5.32 Å². The van der Waals surface area contributed by atoms with Gasteiger partial charge in [-0.2, -0.15) is 5.10 Å². The smallest absolute Gasteiger partial charge is 0.238 e. The number of aryl methyl sites for hydroxylation is 3. The van der Waals surface area contributed by atoms with Gasteiger partial charge in [0.1, 0.15) is 0 Å². The summed E-state index contributed by atoms with van der Waals surface area (Å²) in [5, 5.41) is 7.37. The van der Waals surface area contributed by atoms with Crippen LogP contribution in [-0.4, -0.2) is 58.2 Å². The standard InChI is InChI=1S/C20H29N5O/c1-15-6-5-7-18(12-15)13-24-8-10-25(11-9-24)14-19(26)21-20-16(2)22-23(4)17(20)3/h5-7,12H,8-11,13-14H2,1-4H3,(H,21,26). The predicted molar refractivity (Wildman–Crippen MR) is 104 cm³/mol. The maximum Gasteiger partial charge on any atom is 0.238 e. The Bertz CT molecular complexity index is 775. The fourth-order valence-corrected chi connectivity index (χ4v) is 3.51. The first-order valence-electron chi connectivity index (χ1n) is 9.22. The van der Waals surface area contributed by atoms with Crippen molar-refractivity contribution in [2.45, 2.75) is 27.3 Å². The van der Waals surface area contributed by atoms with Gasteiger partial charge < -0.3 is 5.32 Å². The molecule has 1 N–H and O–H groups in total. The van der Waals surface area contributed by atoms with Gasteiger partial charge in [0, 0.05) is 39.8 Å². The highest BCUT2D eigenvalue weighted by molar-refractivity contribution is 5.93. The molecule has 1 aliphatic rings. The van der Waals surface area contributed by atoms with Crippen LogP contribution in [-0.2, 0) is 18.4 Å². The van der Waals surface area contributed by atoms with Gasteiger partial charge in [0.25, 0.3) is 0 Å². The molecule has 1 fully saturated rings. The van der Waals surface area contributed by atoms with Crippen molar-refractivity contribution in [3.05, 3.63) is 46.8 Å². The molecule has 0 bridgehead atoms.